The number of rotatable bonds is 12. The van der Waals surface area contributed by atoms with Gasteiger partial charge in [-0.05, 0) is 37.0 Å². The van der Waals surface area contributed by atoms with Gasteiger partial charge in [-0.1, -0.05) is 37.8 Å². The lowest BCUT2D eigenvalue weighted by molar-refractivity contribution is -0.145. The molecule has 0 aliphatic carbocycles. The standard InChI is InChI=1S/C19H28O4/c1-2-3-4-5-6-7-8-9-10-19(22)23-15-16-11-12-18(21)17(13-16)14-20/h2,11-13,20-21H,1,3-10,14-15H2. The van der Waals surface area contributed by atoms with Gasteiger partial charge in [-0.2, -0.15) is 0 Å². The summed E-state index contributed by atoms with van der Waals surface area (Å²) < 4.78 is 5.21. The first kappa shape index (κ1) is 19.2. The second-order valence-electron chi connectivity index (χ2n) is 5.73. The highest BCUT2D eigenvalue weighted by molar-refractivity contribution is 5.69. The van der Waals surface area contributed by atoms with E-state index in [1.807, 2.05) is 6.08 Å². The van der Waals surface area contributed by atoms with Crippen molar-refractivity contribution in [1.82, 2.24) is 0 Å². The van der Waals surface area contributed by atoms with E-state index in [9.17, 15) is 9.90 Å². The number of aromatic hydroxyl groups is 1. The van der Waals surface area contributed by atoms with Gasteiger partial charge in [-0.25, -0.2) is 0 Å². The second-order valence-corrected chi connectivity index (χ2v) is 5.73. The van der Waals surface area contributed by atoms with Crippen LogP contribution in [-0.2, 0) is 22.7 Å². The monoisotopic (exact) mass is 320 g/mol. The molecule has 1 rings (SSSR count). The smallest absolute Gasteiger partial charge is 0.306 e. The van der Waals surface area contributed by atoms with Gasteiger partial charge in [0.2, 0.25) is 0 Å². The molecule has 0 aromatic heterocycles. The lowest BCUT2D eigenvalue weighted by Crippen LogP contribution is -2.04. The SMILES string of the molecule is C=CCCCCCCCCC(=O)OCc1ccc(O)c(CO)c1. The Hall–Kier alpha value is -1.81. The summed E-state index contributed by atoms with van der Waals surface area (Å²) in [5, 5.41) is 18.6. The molecule has 4 nitrogen and oxygen atoms in total. The zero-order valence-electron chi connectivity index (χ0n) is 13.8. The van der Waals surface area contributed by atoms with E-state index in [1.165, 1.54) is 25.3 Å². The van der Waals surface area contributed by atoms with Crippen LogP contribution in [0, 0.1) is 0 Å². The number of phenols is 1. The van der Waals surface area contributed by atoms with Crippen LogP contribution in [0.5, 0.6) is 5.75 Å². The minimum absolute atomic E-state index is 0.0515. The van der Waals surface area contributed by atoms with Crippen LogP contribution >= 0.6 is 0 Å². The van der Waals surface area contributed by atoms with Crippen LogP contribution in [0.2, 0.25) is 0 Å². The zero-order chi connectivity index (χ0) is 16.9. The molecule has 0 atom stereocenters. The molecular weight excluding hydrogens is 292 g/mol. The lowest BCUT2D eigenvalue weighted by atomic mass is 10.1. The fourth-order valence-corrected chi connectivity index (χ4v) is 2.36. The highest BCUT2D eigenvalue weighted by atomic mass is 16.5. The average Bonchev–Trinajstić information content (AvgIpc) is 2.56. The first-order valence-electron chi connectivity index (χ1n) is 8.35. The predicted molar refractivity (Wildman–Crippen MR) is 91.0 cm³/mol. The first-order valence-corrected chi connectivity index (χ1v) is 8.35. The maximum atomic E-state index is 11.7. The molecule has 4 heteroatoms. The van der Waals surface area contributed by atoms with Gasteiger partial charge in [0.15, 0.2) is 0 Å². The van der Waals surface area contributed by atoms with Gasteiger partial charge in [-0.15, -0.1) is 6.58 Å². The Morgan fingerprint density at radius 2 is 1.83 bits per heavy atom. The first-order chi connectivity index (χ1) is 11.2. The predicted octanol–water partition coefficient (Wildman–Crippen LogP) is 4.23. The normalized spacial score (nSPS) is 10.5. The van der Waals surface area contributed by atoms with Crippen LogP contribution in [0.4, 0.5) is 0 Å². The molecule has 0 aliphatic heterocycles. The van der Waals surface area contributed by atoms with Crippen LogP contribution in [0.1, 0.15) is 62.5 Å². The van der Waals surface area contributed by atoms with E-state index < -0.39 is 0 Å². The molecule has 0 unspecified atom stereocenters. The summed E-state index contributed by atoms with van der Waals surface area (Å²) in [6.07, 6.45) is 10.2. The van der Waals surface area contributed by atoms with Crippen molar-refractivity contribution in [2.75, 3.05) is 0 Å². The number of aliphatic hydroxyl groups excluding tert-OH is 1. The van der Waals surface area contributed by atoms with Crippen molar-refractivity contribution in [3.8, 4) is 5.75 Å². The van der Waals surface area contributed by atoms with Crippen molar-refractivity contribution in [2.45, 2.75) is 64.6 Å². The Morgan fingerprint density at radius 3 is 2.52 bits per heavy atom. The molecule has 1 aromatic carbocycles. The molecule has 2 N–H and O–H groups in total. The highest BCUT2D eigenvalue weighted by Crippen LogP contribution is 2.19. The second kappa shape index (κ2) is 11.7. The minimum Gasteiger partial charge on any atom is -0.508 e. The molecule has 0 fully saturated rings. The van der Waals surface area contributed by atoms with Gasteiger partial charge in [-0.3, -0.25) is 4.79 Å². The number of esters is 1. The zero-order valence-corrected chi connectivity index (χ0v) is 13.8. The third-order valence-corrected chi connectivity index (χ3v) is 3.75. The van der Waals surface area contributed by atoms with Gasteiger partial charge in [0.05, 0.1) is 6.61 Å². The number of benzene rings is 1. The third kappa shape index (κ3) is 8.41. The van der Waals surface area contributed by atoms with Crippen LogP contribution < -0.4 is 0 Å². The Morgan fingerprint density at radius 1 is 1.13 bits per heavy atom. The van der Waals surface area contributed by atoms with Crippen molar-refractivity contribution in [3.05, 3.63) is 42.0 Å². The maximum Gasteiger partial charge on any atom is 0.306 e. The summed E-state index contributed by atoms with van der Waals surface area (Å²) >= 11 is 0. The molecule has 23 heavy (non-hydrogen) atoms. The summed E-state index contributed by atoms with van der Waals surface area (Å²) in [5.74, 6) is -0.147. The minimum atomic E-state index is -0.236. The fourth-order valence-electron chi connectivity index (χ4n) is 2.36. The Balaban J connectivity index is 2.11. The van der Waals surface area contributed by atoms with Gasteiger partial charge >= 0.3 is 5.97 Å². The molecule has 0 saturated carbocycles. The van der Waals surface area contributed by atoms with E-state index in [0.717, 1.165) is 31.2 Å². The maximum absolute atomic E-state index is 11.7. The molecule has 0 amide bonds. The van der Waals surface area contributed by atoms with Crippen molar-refractivity contribution in [1.29, 1.82) is 0 Å². The van der Waals surface area contributed by atoms with E-state index in [0.29, 0.717) is 12.0 Å². The summed E-state index contributed by atoms with van der Waals surface area (Å²) in [7, 11) is 0. The number of unbranched alkanes of at least 4 members (excludes halogenated alkanes) is 6. The number of ether oxygens (including phenoxy) is 1. The van der Waals surface area contributed by atoms with E-state index in [1.54, 1.807) is 12.1 Å². The highest BCUT2D eigenvalue weighted by Gasteiger charge is 2.06. The van der Waals surface area contributed by atoms with Crippen molar-refractivity contribution >= 4 is 5.97 Å². The fraction of sp³-hybridized carbons (Fsp3) is 0.526. The number of aliphatic hydroxyl groups is 1. The van der Waals surface area contributed by atoms with Crippen LogP contribution in [-0.4, -0.2) is 16.2 Å². The molecule has 0 spiro atoms. The largest absolute Gasteiger partial charge is 0.508 e. The number of carbonyl (C=O) groups excluding carboxylic acids is 1. The molecule has 0 saturated heterocycles. The quantitative estimate of drug-likeness (QED) is 0.343. The van der Waals surface area contributed by atoms with E-state index in [2.05, 4.69) is 6.58 Å². The lowest BCUT2D eigenvalue weighted by Gasteiger charge is -2.07. The number of carbonyl (C=O) groups is 1. The molecule has 0 aliphatic rings. The van der Waals surface area contributed by atoms with Gasteiger partial charge in [0.1, 0.15) is 12.4 Å². The average molecular weight is 320 g/mol. The molecule has 128 valence electrons. The molecule has 1 aromatic rings. The Bertz CT molecular complexity index is 482. The van der Waals surface area contributed by atoms with Gasteiger partial charge in [0.25, 0.3) is 0 Å². The molecule has 0 bridgehead atoms. The molecular formula is C19H28O4. The summed E-state index contributed by atoms with van der Waals surface area (Å²) in [4.78, 5) is 11.7. The van der Waals surface area contributed by atoms with Crippen LogP contribution in [0.3, 0.4) is 0 Å². The van der Waals surface area contributed by atoms with Gasteiger partial charge < -0.3 is 14.9 Å². The van der Waals surface area contributed by atoms with Crippen LogP contribution in [0.15, 0.2) is 30.9 Å². The number of hydrogen-bond donors (Lipinski definition) is 2. The van der Waals surface area contributed by atoms with Crippen LogP contribution in [0.25, 0.3) is 0 Å². The summed E-state index contributed by atoms with van der Waals surface area (Å²) in [6.45, 7) is 3.64. The number of allylic oxidation sites excluding steroid dienone is 1. The van der Waals surface area contributed by atoms with Crippen molar-refractivity contribution < 1.29 is 19.7 Å². The molecule has 0 radical (unpaired) electrons. The number of hydrogen-bond acceptors (Lipinski definition) is 4. The van der Waals surface area contributed by atoms with Crippen molar-refractivity contribution in [3.63, 3.8) is 0 Å². The topological polar surface area (TPSA) is 66.8 Å². The molecule has 0 heterocycles. The van der Waals surface area contributed by atoms with Gasteiger partial charge in [0, 0.05) is 12.0 Å². The Labute approximate surface area is 138 Å². The van der Waals surface area contributed by atoms with E-state index in [4.69, 9.17) is 9.84 Å². The third-order valence-electron chi connectivity index (χ3n) is 3.75. The van der Waals surface area contributed by atoms with Crippen molar-refractivity contribution in [2.24, 2.45) is 0 Å². The summed E-state index contributed by atoms with van der Waals surface area (Å²) in [6, 6.07) is 4.83. The van der Waals surface area contributed by atoms with E-state index in [-0.39, 0.29) is 24.9 Å². The summed E-state index contributed by atoms with van der Waals surface area (Å²) in [5.41, 5.74) is 1.21. The Kier molecular flexibility index (Phi) is 9.80. The van der Waals surface area contributed by atoms with E-state index >= 15 is 0 Å².